The summed E-state index contributed by atoms with van der Waals surface area (Å²) in [5.74, 6) is -1.13. The molecule has 1 aliphatic heterocycles. The van der Waals surface area contributed by atoms with Crippen molar-refractivity contribution in [1.82, 2.24) is 15.5 Å². The number of carbonyl (C=O) groups excluding carboxylic acids is 2. The van der Waals surface area contributed by atoms with E-state index in [1.54, 1.807) is 22.7 Å². The van der Waals surface area contributed by atoms with Gasteiger partial charge in [-0.15, -0.1) is 11.3 Å². The van der Waals surface area contributed by atoms with E-state index in [2.05, 4.69) is 32.4 Å². The van der Waals surface area contributed by atoms with Gasteiger partial charge >= 0.3 is 11.8 Å². The molecule has 26 heavy (non-hydrogen) atoms. The molecule has 0 bridgehead atoms. The molecule has 0 saturated carbocycles. The summed E-state index contributed by atoms with van der Waals surface area (Å²) in [5, 5.41) is 11.7. The lowest BCUT2D eigenvalue weighted by Crippen LogP contribution is -2.44. The standard InChI is InChI=1S/C19H25N3O2S2/c23-18(20-12-16-6-5-10-26-16)19(24)21-13-17(15-7-11-25-14-15)22-8-3-1-2-4-9-22/h5-7,10-11,14,17H,1-4,8-9,12-13H2,(H,20,23)(H,21,24)/t17-/m0/s1. The Hall–Kier alpha value is -1.70. The van der Waals surface area contributed by atoms with Crippen molar-refractivity contribution in [1.29, 1.82) is 0 Å². The van der Waals surface area contributed by atoms with Gasteiger partial charge in [-0.1, -0.05) is 18.9 Å². The van der Waals surface area contributed by atoms with Crippen LogP contribution < -0.4 is 10.6 Å². The molecule has 1 atom stereocenters. The van der Waals surface area contributed by atoms with Crippen molar-refractivity contribution in [2.45, 2.75) is 38.3 Å². The average molecular weight is 392 g/mol. The normalized spacial score (nSPS) is 16.6. The molecule has 0 radical (unpaired) electrons. The van der Waals surface area contributed by atoms with Crippen LogP contribution in [0.1, 0.15) is 42.2 Å². The van der Waals surface area contributed by atoms with Crippen LogP contribution in [0.4, 0.5) is 0 Å². The van der Waals surface area contributed by atoms with Crippen LogP contribution in [0.3, 0.4) is 0 Å². The summed E-state index contributed by atoms with van der Waals surface area (Å²) >= 11 is 3.23. The van der Waals surface area contributed by atoms with Gasteiger partial charge in [0.15, 0.2) is 0 Å². The Labute approximate surface area is 162 Å². The highest BCUT2D eigenvalue weighted by Crippen LogP contribution is 2.25. The van der Waals surface area contributed by atoms with E-state index in [0.717, 1.165) is 18.0 Å². The molecule has 2 N–H and O–H groups in total. The zero-order valence-corrected chi connectivity index (χ0v) is 16.4. The molecule has 2 aromatic rings. The second kappa shape index (κ2) is 9.85. The van der Waals surface area contributed by atoms with Gasteiger partial charge in [-0.2, -0.15) is 11.3 Å². The van der Waals surface area contributed by atoms with Gasteiger partial charge in [0.05, 0.1) is 12.6 Å². The number of hydrogen-bond acceptors (Lipinski definition) is 5. The number of hydrogen-bond donors (Lipinski definition) is 2. The molecule has 3 rings (SSSR count). The summed E-state index contributed by atoms with van der Waals surface area (Å²) in [7, 11) is 0. The first-order chi connectivity index (χ1) is 12.7. The molecule has 5 nitrogen and oxygen atoms in total. The fourth-order valence-corrected chi connectivity index (χ4v) is 4.61. The van der Waals surface area contributed by atoms with Gasteiger partial charge in [0, 0.05) is 11.4 Å². The fourth-order valence-electron chi connectivity index (χ4n) is 3.26. The minimum absolute atomic E-state index is 0.133. The lowest BCUT2D eigenvalue weighted by atomic mass is 10.1. The molecule has 7 heteroatoms. The van der Waals surface area contributed by atoms with Crippen LogP contribution in [-0.2, 0) is 16.1 Å². The Morgan fingerprint density at radius 1 is 1.04 bits per heavy atom. The zero-order chi connectivity index (χ0) is 18.2. The minimum Gasteiger partial charge on any atom is -0.346 e. The Kier molecular flexibility index (Phi) is 7.22. The molecule has 1 fully saturated rings. The summed E-state index contributed by atoms with van der Waals surface area (Å²) in [6, 6.07) is 6.12. The first-order valence-electron chi connectivity index (χ1n) is 9.08. The lowest BCUT2D eigenvalue weighted by molar-refractivity contribution is -0.139. The van der Waals surface area contributed by atoms with Gasteiger partial charge in [0.2, 0.25) is 0 Å². The molecule has 140 valence electrons. The molecule has 2 aromatic heterocycles. The van der Waals surface area contributed by atoms with Gasteiger partial charge in [-0.3, -0.25) is 14.5 Å². The highest BCUT2D eigenvalue weighted by Gasteiger charge is 2.23. The van der Waals surface area contributed by atoms with E-state index in [0.29, 0.717) is 13.1 Å². The van der Waals surface area contributed by atoms with Gasteiger partial charge in [0.25, 0.3) is 0 Å². The maximum atomic E-state index is 12.2. The van der Waals surface area contributed by atoms with E-state index in [-0.39, 0.29) is 6.04 Å². The van der Waals surface area contributed by atoms with Crippen LogP contribution in [-0.4, -0.2) is 36.3 Å². The summed E-state index contributed by atoms with van der Waals surface area (Å²) < 4.78 is 0. The van der Waals surface area contributed by atoms with Crippen molar-refractivity contribution in [2.24, 2.45) is 0 Å². The van der Waals surface area contributed by atoms with E-state index >= 15 is 0 Å². The molecule has 0 unspecified atom stereocenters. The van der Waals surface area contributed by atoms with Gasteiger partial charge < -0.3 is 10.6 Å². The quantitative estimate of drug-likeness (QED) is 0.744. The van der Waals surface area contributed by atoms with E-state index in [4.69, 9.17) is 0 Å². The molecule has 1 saturated heterocycles. The van der Waals surface area contributed by atoms with Crippen LogP contribution >= 0.6 is 22.7 Å². The number of nitrogens with zero attached hydrogens (tertiary/aromatic N) is 1. The first-order valence-corrected chi connectivity index (χ1v) is 10.9. The largest absolute Gasteiger partial charge is 0.346 e. The zero-order valence-electron chi connectivity index (χ0n) is 14.8. The van der Waals surface area contributed by atoms with Crippen molar-refractivity contribution in [3.63, 3.8) is 0 Å². The average Bonchev–Trinajstić information content (AvgIpc) is 3.30. The molecule has 1 aliphatic rings. The maximum absolute atomic E-state index is 12.2. The maximum Gasteiger partial charge on any atom is 0.309 e. The van der Waals surface area contributed by atoms with E-state index in [9.17, 15) is 9.59 Å². The highest BCUT2D eigenvalue weighted by molar-refractivity contribution is 7.09. The molecule has 0 spiro atoms. The topological polar surface area (TPSA) is 61.4 Å². The molecular formula is C19H25N3O2S2. The predicted octanol–water partition coefficient (Wildman–Crippen LogP) is 3.16. The number of nitrogens with one attached hydrogen (secondary N) is 2. The second-order valence-electron chi connectivity index (χ2n) is 6.49. The fraction of sp³-hybridized carbons (Fsp3) is 0.474. The third-order valence-corrected chi connectivity index (χ3v) is 6.25. The van der Waals surface area contributed by atoms with Crippen LogP contribution in [0.25, 0.3) is 0 Å². The van der Waals surface area contributed by atoms with Crippen molar-refractivity contribution < 1.29 is 9.59 Å². The third kappa shape index (κ3) is 5.40. The van der Waals surface area contributed by atoms with Crippen molar-refractivity contribution in [2.75, 3.05) is 19.6 Å². The first kappa shape index (κ1) is 19.1. The number of amides is 2. The van der Waals surface area contributed by atoms with E-state index in [1.807, 2.05) is 17.5 Å². The van der Waals surface area contributed by atoms with Crippen LogP contribution in [0.15, 0.2) is 34.3 Å². The molecule has 0 aliphatic carbocycles. The summed E-state index contributed by atoms with van der Waals surface area (Å²) in [4.78, 5) is 27.7. The predicted molar refractivity (Wildman–Crippen MR) is 106 cm³/mol. The smallest absolute Gasteiger partial charge is 0.309 e. The Bertz CT molecular complexity index is 678. The minimum atomic E-state index is -0.571. The number of rotatable bonds is 6. The van der Waals surface area contributed by atoms with E-state index in [1.165, 1.54) is 31.2 Å². The van der Waals surface area contributed by atoms with Gasteiger partial charge in [-0.25, -0.2) is 0 Å². The molecular weight excluding hydrogens is 366 g/mol. The molecule has 3 heterocycles. The Morgan fingerprint density at radius 2 is 1.81 bits per heavy atom. The van der Waals surface area contributed by atoms with Crippen LogP contribution in [0.2, 0.25) is 0 Å². The van der Waals surface area contributed by atoms with Crippen molar-refractivity contribution >= 4 is 34.5 Å². The number of likely N-dealkylation sites (tertiary alicyclic amines) is 1. The lowest BCUT2D eigenvalue weighted by Gasteiger charge is -2.30. The molecule has 0 aromatic carbocycles. The third-order valence-electron chi connectivity index (χ3n) is 4.67. The SMILES string of the molecule is O=C(NCc1cccs1)C(=O)NC[C@@H](c1ccsc1)N1CCCCCC1. The Morgan fingerprint density at radius 3 is 2.46 bits per heavy atom. The summed E-state index contributed by atoms with van der Waals surface area (Å²) in [5.41, 5.74) is 1.22. The van der Waals surface area contributed by atoms with Crippen molar-refractivity contribution in [3.8, 4) is 0 Å². The number of thiophene rings is 2. The monoisotopic (exact) mass is 391 g/mol. The van der Waals surface area contributed by atoms with Gasteiger partial charge in [-0.05, 0) is 59.8 Å². The summed E-state index contributed by atoms with van der Waals surface area (Å²) in [6.45, 7) is 2.94. The number of carbonyl (C=O) groups is 2. The van der Waals surface area contributed by atoms with Crippen LogP contribution in [0.5, 0.6) is 0 Å². The second-order valence-corrected chi connectivity index (χ2v) is 8.31. The molecule has 2 amide bonds. The Balaban J connectivity index is 1.54. The highest BCUT2D eigenvalue weighted by atomic mass is 32.1. The van der Waals surface area contributed by atoms with Crippen molar-refractivity contribution in [3.05, 3.63) is 44.8 Å². The van der Waals surface area contributed by atoms with Crippen LogP contribution in [0, 0.1) is 0 Å². The van der Waals surface area contributed by atoms with E-state index < -0.39 is 11.8 Å². The van der Waals surface area contributed by atoms with Gasteiger partial charge in [0.1, 0.15) is 0 Å². The summed E-state index contributed by atoms with van der Waals surface area (Å²) in [6.07, 6.45) is 4.92.